The van der Waals surface area contributed by atoms with Crippen molar-refractivity contribution in [3.8, 4) is 0 Å². The average Bonchev–Trinajstić information content (AvgIpc) is 2.19. The van der Waals surface area contributed by atoms with Crippen LogP contribution in [-0.2, 0) is 19.7 Å². The molecule has 0 fully saturated rings. The van der Waals surface area contributed by atoms with Gasteiger partial charge in [0.05, 0.1) is 23.7 Å². The molecule has 1 rings (SSSR count). The van der Waals surface area contributed by atoms with E-state index in [1.807, 2.05) is 6.92 Å². The Hall–Kier alpha value is -0.950. The van der Waals surface area contributed by atoms with Gasteiger partial charge in [0, 0.05) is 0 Å². The molecule has 1 aromatic carbocycles. The minimum absolute atomic E-state index is 0.122. The third-order valence-corrected chi connectivity index (χ3v) is 3.37. The van der Waals surface area contributed by atoms with Gasteiger partial charge in [-0.25, -0.2) is 8.42 Å². The summed E-state index contributed by atoms with van der Waals surface area (Å²) in [4.78, 5) is 9.27. The molecule has 5 nitrogen and oxygen atoms in total. The summed E-state index contributed by atoms with van der Waals surface area (Å²) in [7, 11) is -1.29. The quantitative estimate of drug-likeness (QED) is 0.728. The highest BCUT2D eigenvalue weighted by Crippen LogP contribution is 2.15. The zero-order chi connectivity index (χ0) is 11.5. The van der Waals surface area contributed by atoms with Crippen LogP contribution in [0, 0.1) is 6.92 Å². The molecule has 0 aliphatic carbocycles. The maximum Gasteiger partial charge on any atom is 0.288 e. The van der Waals surface area contributed by atoms with E-state index in [0.717, 1.165) is 5.56 Å². The molecule has 1 aromatic rings. The predicted molar refractivity (Wildman–Crippen MR) is 54.2 cm³/mol. The maximum absolute atomic E-state index is 11.8. The number of rotatable bonds is 4. The van der Waals surface area contributed by atoms with E-state index in [1.54, 1.807) is 12.1 Å². The van der Waals surface area contributed by atoms with Crippen LogP contribution in [0.2, 0.25) is 0 Å². The number of hydrogen-bond acceptors (Lipinski definition) is 4. The second-order valence-corrected chi connectivity index (χ2v) is 4.60. The van der Waals surface area contributed by atoms with E-state index in [4.69, 9.17) is 0 Å². The molecule has 0 bridgehead atoms. The van der Waals surface area contributed by atoms with E-state index >= 15 is 0 Å². The van der Waals surface area contributed by atoms with Crippen LogP contribution in [0.1, 0.15) is 5.56 Å². The SMILES string of the molecule is CON(OC)S(=O)(=O)c1ccc(C)cc1. The zero-order valence-corrected chi connectivity index (χ0v) is 9.61. The number of hydrogen-bond donors (Lipinski definition) is 0. The molecule has 0 unspecified atom stereocenters. The monoisotopic (exact) mass is 231 g/mol. The van der Waals surface area contributed by atoms with Crippen LogP contribution in [0.15, 0.2) is 29.2 Å². The predicted octanol–water partition coefficient (Wildman–Crippen LogP) is 1.11. The molecular weight excluding hydrogens is 218 g/mol. The Morgan fingerprint density at radius 1 is 1.07 bits per heavy atom. The Labute approximate surface area is 89.2 Å². The number of nitrogens with zero attached hydrogens (tertiary/aromatic N) is 1. The van der Waals surface area contributed by atoms with Crippen molar-refractivity contribution in [3.63, 3.8) is 0 Å². The van der Waals surface area contributed by atoms with Crippen LogP contribution in [0.25, 0.3) is 0 Å². The van der Waals surface area contributed by atoms with Crippen molar-refractivity contribution in [1.82, 2.24) is 4.63 Å². The van der Waals surface area contributed by atoms with Crippen LogP contribution >= 0.6 is 0 Å². The molecule has 0 amide bonds. The number of sulfonamides is 1. The van der Waals surface area contributed by atoms with Gasteiger partial charge in [0.2, 0.25) is 0 Å². The van der Waals surface area contributed by atoms with Gasteiger partial charge in [-0.2, -0.15) is 0 Å². The summed E-state index contributed by atoms with van der Waals surface area (Å²) in [5.41, 5.74) is 0.982. The first-order chi connectivity index (χ1) is 7.02. The van der Waals surface area contributed by atoms with Gasteiger partial charge >= 0.3 is 0 Å². The van der Waals surface area contributed by atoms with E-state index in [0.29, 0.717) is 4.63 Å². The Kier molecular flexibility index (Phi) is 3.81. The molecule has 0 saturated carbocycles. The number of benzene rings is 1. The Morgan fingerprint density at radius 2 is 1.53 bits per heavy atom. The van der Waals surface area contributed by atoms with Crippen LogP contribution in [0.4, 0.5) is 0 Å². The summed E-state index contributed by atoms with van der Waals surface area (Å²) in [5.74, 6) is 0. The topological polar surface area (TPSA) is 55.8 Å². The minimum Gasteiger partial charge on any atom is -0.264 e. The molecule has 0 aliphatic heterocycles. The van der Waals surface area contributed by atoms with Gasteiger partial charge in [0.15, 0.2) is 0 Å². The molecule has 0 atom stereocenters. The van der Waals surface area contributed by atoms with Gasteiger partial charge in [0.1, 0.15) is 0 Å². The lowest BCUT2D eigenvalue weighted by molar-refractivity contribution is -0.270. The second-order valence-electron chi connectivity index (χ2n) is 2.88. The smallest absolute Gasteiger partial charge is 0.264 e. The van der Waals surface area contributed by atoms with Crippen molar-refractivity contribution in [2.75, 3.05) is 14.2 Å². The van der Waals surface area contributed by atoms with E-state index in [2.05, 4.69) is 9.68 Å². The van der Waals surface area contributed by atoms with Gasteiger partial charge in [-0.3, -0.25) is 9.68 Å². The lowest BCUT2D eigenvalue weighted by Crippen LogP contribution is -2.28. The van der Waals surface area contributed by atoms with E-state index < -0.39 is 10.0 Å². The first-order valence-corrected chi connectivity index (χ1v) is 5.66. The lowest BCUT2D eigenvalue weighted by atomic mass is 10.2. The molecular formula is C9H13NO4S. The van der Waals surface area contributed by atoms with Gasteiger partial charge < -0.3 is 0 Å². The average molecular weight is 231 g/mol. The molecule has 0 heterocycles. The molecule has 6 heteroatoms. The fraction of sp³-hybridized carbons (Fsp3) is 0.333. The Morgan fingerprint density at radius 3 is 1.93 bits per heavy atom. The van der Waals surface area contributed by atoms with Crippen molar-refractivity contribution in [1.29, 1.82) is 0 Å². The second kappa shape index (κ2) is 4.71. The highest BCUT2D eigenvalue weighted by Gasteiger charge is 2.24. The van der Waals surface area contributed by atoms with E-state index in [1.165, 1.54) is 26.4 Å². The first kappa shape index (κ1) is 12.1. The Balaban J connectivity index is 3.11. The summed E-state index contributed by atoms with van der Waals surface area (Å²) in [6.07, 6.45) is 0. The standard InChI is InChI=1S/C9H13NO4S/c1-8-4-6-9(7-5-8)15(11,12)10(13-2)14-3/h4-7H,1-3H3. The molecule has 0 saturated heterocycles. The van der Waals surface area contributed by atoms with Gasteiger partial charge in [-0.15, -0.1) is 0 Å². The molecule has 0 aliphatic rings. The third kappa shape index (κ3) is 2.54. The molecule has 0 radical (unpaired) electrons. The third-order valence-electron chi connectivity index (χ3n) is 1.81. The normalized spacial score (nSPS) is 12.0. The Bertz CT molecular complexity index is 408. The van der Waals surface area contributed by atoms with Crippen molar-refractivity contribution in [2.24, 2.45) is 0 Å². The molecule has 84 valence electrons. The van der Waals surface area contributed by atoms with Gasteiger partial charge in [-0.1, -0.05) is 17.7 Å². The largest absolute Gasteiger partial charge is 0.288 e. The van der Waals surface area contributed by atoms with Crippen molar-refractivity contribution in [3.05, 3.63) is 29.8 Å². The fourth-order valence-electron chi connectivity index (χ4n) is 1.07. The zero-order valence-electron chi connectivity index (χ0n) is 8.80. The van der Waals surface area contributed by atoms with Crippen LogP contribution in [-0.4, -0.2) is 27.3 Å². The van der Waals surface area contributed by atoms with E-state index in [9.17, 15) is 8.42 Å². The highest BCUT2D eigenvalue weighted by molar-refractivity contribution is 7.88. The fourth-order valence-corrected chi connectivity index (χ4v) is 2.11. The summed E-state index contributed by atoms with van der Waals surface area (Å²) >= 11 is 0. The maximum atomic E-state index is 11.8. The van der Waals surface area contributed by atoms with Crippen molar-refractivity contribution >= 4 is 10.0 Å². The van der Waals surface area contributed by atoms with Crippen LogP contribution in [0.3, 0.4) is 0 Å². The molecule has 0 N–H and O–H groups in total. The van der Waals surface area contributed by atoms with Gasteiger partial charge in [-0.05, 0) is 19.1 Å². The minimum atomic E-state index is -3.73. The highest BCUT2D eigenvalue weighted by atomic mass is 32.2. The van der Waals surface area contributed by atoms with E-state index in [-0.39, 0.29) is 4.90 Å². The molecule has 15 heavy (non-hydrogen) atoms. The molecule has 0 aromatic heterocycles. The van der Waals surface area contributed by atoms with Crippen molar-refractivity contribution < 1.29 is 18.1 Å². The molecule has 0 spiro atoms. The number of aryl methyl sites for hydroxylation is 1. The lowest BCUT2D eigenvalue weighted by Gasteiger charge is -2.15. The summed E-state index contributed by atoms with van der Waals surface area (Å²) in [6.45, 7) is 1.88. The van der Waals surface area contributed by atoms with Crippen molar-refractivity contribution in [2.45, 2.75) is 11.8 Å². The summed E-state index contributed by atoms with van der Waals surface area (Å²) < 4.78 is 24.0. The van der Waals surface area contributed by atoms with Crippen LogP contribution < -0.4 is 0 Å². The van der Waals surface area contributed by atoms with Gasteiger partial charge in [0.25, 0.3) is 10.0 Å². The summed E-state index contributed by atoms with van der Waals surface area (Å²) in [5, 5.41) is 0. The summed E-state index contributed by atoms with van der Waals surface area (Å²) in [6, 6.07) is 6.40. The first-order valence-electron chi connectivity index (χ1n) is 4.22. The van der Waals surface area contributed by atoms with Crippen LogP contribution in [0.5, 0.6) is 0 Å².